The van der Waals surface area contributed by atoms with Crippen LogP contribution in [0.1, 0.15) is 117 Å². The average Bonchev–Trinajstić information content (AvgIpc) is 3.10. The molecule has 0 radical (unpaired) electrons. The molecule has 0 aromatic rings. The first-order chi connectivity index (χ1) is 23.9. The van der Waals surface area contributed by atoms with Gasteiger partial charge in [-0.2, -0.15) is 0 Å². The van der Waals surface area contributed by atoms with E-state index in [1.807, 2.05) is 0 Å². The van der Waals surface area contributed by atoms with Gasteiger partial charge in [0.1, 0.15) is 0 Å². The highest BCUT2D eigenvalue weighted by molar-refractivity contribution is 4.48. The summed E-state index contributed by atoms with van der Waals surface area (Å²) in [5.74, 6) is 0. The molecule has 0 aliphatic carbocycles. The van der Waals surface area contributed by atoms with Gasteiger partial charge in [0.2, 0.25) is 0 Å². The molecule has 0 fully saturated rings. The minimum Gasteiger partial charge on any atom is -0.379 e. The van der Waals surface area contributed by atoms with E-state index in [0.717, 1.165) is 26.1 Å². The van der Waals surface area contributed by atoms with Gasteiger partial charge >= 0.3 is 0 Å². The standard InChI is InChI=1S/C38H78O10/c1-3-5-7-9-10-11-12-13-14-16-18-20-40-22-24-42-26-28-44-30-32-46-34-36-48-38-37-47-35-33-45-31-29-43-27-25-41-23-21-39-19-17-15-8-6-4-2/h3-38H2,1-2H3. The predicted octanol–water partition coefficient (Wildman–Crippen LogP) is 7.43. The first-order valence-electron chi connectivity index (χ1n) is 19.7. The Balaban J connectivity index is 3.04. The Morgan fingerprint density at radius 1 is 0.167 bits per heavy atom. The first-order valence-corrected chi connectivity index (χ1v) is 19.7. The van der Waals surface area contributed by atoms with Crippen molar-refractivity contribution in [3.05, 3.63) is 0 Å². The largest absolute Gasteiger partial charge is 0.379 e. The van der Waals surface area contributed by atoms with Crippen molar-refractivity contribution in [3.8, 4) is 0 Å². The fraction of sp³-hybridized carbons (Fsp3) is 1.00. The third-order valence-corrected chi connectivity index (χ3v) is 7.63. The molecule has 0 rings (SSSR count). The van der Waals surface area contributed by atoms with E-state index < -0.39 is 0 Å². The van der Waals surface area contributed by atoms with Crippen molar-refractivity contribution in [1.82, 2.24) is 0 Å². The van der Waals surface area contributed by atoms with Gasteiger partial charge in [-0.15, -0.1) is 0 Å². The van der Waals surface area contributed by atoms with E-state index in [0.29, 0.717) is 119 Å². The van der Waals surface area contributed by atoms with Gasteiger partial charge in [0, 0.05) is 13.2 Å². The number of rotatable bonds is 45. The third kappa shape index (κ3) is 45.6. The van der Waals surface area contributed by atoms with Gasteiger partial charge < -0.3 is 47.4 Å². The maximum atomic E-state index is 5.66. The molecule has 0 saturated carbocycles. The quantitative estimate of drug-likeness (QED) is 0.0600. The second kappa shape index (κ2) is 46.6. The Bertz CT molecular complexity index is 498. The molecule has 0 heterocycles. The maximum Gasteiger partial charge on any atom is 0.0701 e. The van der Waals surface area contributed by atoms with Gasteiger partial charge in [0.25, 0.3) is 0 Å². The highest BCUT2D eigenvalue weighted by Gasteiger charge is 1.97. The zero-order valence-electron chi connectivity index (χ0n) is 31.5. The molecule has 0 spiro atoms. The van der Waals surface area contributed by atoms with Crippen LogP contribution in [-0.4, -0.2) is 132 Å². The van der Waals surface area contributed by atoms with E-state index in [9.17, 15) is 0 Å². The molecule has 0 saturated heterocycles. The van der Waals surface area contributed by atoms with Crippen LogP contribution in [0.5, 0.6) is 0 Å². The minimum atomic E-state index is 0.535. The second-order valence-electron chi connectivity index (χ2n) is 12.1. The smallest absolute Gasteiger partial charge is 0.0701 e. The molecule has 0 N–H and O–H groups in total. The van der Waals surface area contributed by atoms with E-state index >= 15 is 0 Å². The van der Waals surface area contributed by atoms with Crippen LogP contribution in [0.15, 0.2) is 0 Å². The summed E-state index contributed by atoms with van der Waals surface area (Å²) in [6.45, 7) is 16.4. The summed E-state index contributed by atoms with van der Waals surface area (Å²) in [6.07, 6.45) is 21.2. The molecule has 290 valence electrons. The van der Waals surface area contributed by atoms with Gasteiger partial charge in [-0.3, -0.25) is 0 Å². The Hall–Kier alpha value is -0.400. The van der Waals surface area contributed by atoms with Crippen molar-refractivity contribution in [2.75, 3.05) is 132 Å². The molecule has 0 aromatic carbocycles. The van der Waals surface area contributed by atoms with Gasteiger partial charge in [-0.25, -0.2) is 0 Å². The Labute approximate surface area is 295 Å². The summed E-state index contributed by atoms with van der Waals surface area (Å²) < 4.78 is 55.4. The zero-order chi connectivity index (χ0) is 34.5. The van der Waals surface area contributed by atoms with E-state index in [1.54, 1.807) is 0 Å². The van der Waals surface area contributed by atoms with Crippen LogP contribution in [0, 0.1) is 0 Å². The summed E-state index contributed by atoms with van der Waals surface area (Å²) in [5.41, 5.74) is 0. The van der Waals surface area contributed by atoms with E-state index in [-0.39, 0.29) is 0 Å². The molecule has 0 aliphatic heterocycles. The van der Waals surface area contributed by atoms with Crippen LogP contribution in [0.25, 0.3) is 0 Å². The van der Waals surface area contributed by atoms with Gasteiger partial charge in [0.05, 0.1) is 119 Å². The zero-order valence-corrected chi connectivity index (χ0v) is 31.5. The molecule has 0 aliphatic rings. The van der Waals surface area contributed by atoms with Crippen molar-refractivity contribution in [1.29, 1.82) is 0 Å². The van der Waals surface area contributed by atoms with Gasteiger partial charge in [0.15, 0.2) is 0 Å². The molecular weight excluding hydrogens is 616 g/mol. The Morgan fingerprint density at radius 3 is 0.500 bits per heavy atom. The highest BCUT2D eigenvalue weighted by atomic mass is 16.6. The highest BCUT2D eigenvalue weighted by Crippen LogP contribution is 2.11. The molecule has 0 atom stereocenters. The van der Waals surface area contributed by atoms with Crippen LogP contribution in [-0.2, 0) is 47.4 Å². The van der Waals surface area contributed by atoms with Crippen LogP contribution in [0.4, 0.5) is 0 Å². The van der Waals surface area contributed by atoms with E-state index in [4.69, 9.17) is 47.4 Å². The summed E-state index contributed by atoms with van der Waals surface area (Å²) in [7, 11) is 0. The molecule has 48 heavy (non-hydrogen) atoms. The minimum absolute atomic E-state index is 0.535. The molecule has 0 amide bonds. The SMILES string of the molecule is CCCCCCCCCCCCCOCCOCCOCCOCCOCCOCCOCCOCCOCCOCCCCCCC. The van der Waals surface area contributed by atoms with Crippen LogP contribution >= 0.6 is 0 Å². The molecule has 0 unspecified atom stereocenters. The summed E-state index contributed by atoms with van der Waals surface area (Å²) in [6, 6.07) is 0. The molecule has 0 aromatic heterocycles. The van der Waals surface area contributed by atoms with Crippen LogP contribution in [0.3, 0.4) is 0 Å². The number of unbranched alkanes of at least 4 members (excludes halogenated alkanes) is 14. The fourth-order valence-corrected chi connectivity index (χ4v) is 4.76. The van der Waals surface area contributed by atoms with E-state index in [2.05, 4.69) is 13.8 Å². The summed E-state index contributed by atoms with van der Waals surface area (Å²) in [4.78, 5) is 0. The lowest BCUT2D eigenvalue weighted by Crippen LogP contribution is -2.15. The van der Waals surface area contributed by atoms with Gasteiger partial charge in [-0.05, 0) is 12.8 Å². The third-order valence-electron chi connectivity index (χ3n) is 7.63. The lowest BCUT2D eigenvalue weighted by Gasteiger charge is -2.09. The summed E-state index contributed by atoms with van der Waals surface area (Å²) >= 11 is 0. The Morgan fingerprint density at radius 2 is 0.312 bits per heavy atom. The van der Waals surface area contributed by atoms with Crippen LogP contribution in [0.2, 0.25) is 0 Å². The maximum absolute atomic E-state index is 5.66. The Kier molecular flexibility index (Phi) is 46.2. The van der Waals surface area contributed by atoms with Gasteiger partial charge in [-0.1, -0.05) is 104 Å². The number of hydrogen-bond acceptors (Lipinski definition) is 10. The monoisotopic (exact) mass is 695 g/mol. The first kappa shape index (κ1) is 47.6. The predicted molar refractivity (Wildman–Crippen MR) is 193 cm³/mol. The average molecular weight is 695 g/mol. The van der Waals surface area contributed by atoms with E-state index in [1.165, 1.54) is 89.9 Å². The van der Waals surface area contributed by atoms with Crippen molar-refractivity contribution < 1.29 is 47.4 Å². The van der Waals surface area contributed by atoms with Crippen molar-refractivity contribution in [2.45, 2.75) is 117 Å². The fourth-order valence-electron chi connectivity index (χ4n) is 4.76. The van der Waals surface area contributed by atoms with Crippen LogP contribution < -0.4 is 0 Å². The topological polar surface area (TPSA) is 92.3 Å². The second-order valence-corrected chi connectivity index (χ2v) is 12.1. The normalized spacial score (nSPS) is 11.6. The lowest BCUT2D eigenvalue weighted by molar-refractivity contribution is -0.0264. The molecule has 10 nitrogen and oxygen atoms in total. The van der Waals surface area contributed by atoms with Crippen molar-refractivity contribution in [3.63, 3.8) is 0 Å². The van der Waals surface area contributed by atoms with Crippen molar-refractivity contribution in [2.24, 2.45) is 0 Å². The molecule has 0 bridgehead atoms. The van der Waals surface area contributed by atoms with Crippen molar-refractivity contribution >= 4 is 0 Å². The lowest BCUT2D eigenvalue weighted by atomic mass is 10.1. The summed E-state index contributed by atoms with van der Waals surface area (Å²) in [5, 5.41) is 0. The number of hydrogen-bond donors (Lipinski definition) is 0. The molecule has 10 heteroatoms. The molecular formula is C38H78O10. The number of ether oxygens (including phenoxy) is 10.